The largest absolute Gasteiger partial charge is 0.376 e. The fraction of sp³-hybridized carbons (Fsp3) is 0.455. The normalized spacial score (nSPS) is 15.2. The molecule has 196 valence electrons. The third kappa shape index (κ3) is 6.11. The fourth-order valence-electron chi connectivity index (χ4n) is 4.19. The molecule has 0 radical (unpaired) electrons. The SMILES string of the molecule is Cc1cc(Cc2nnc(SCC(=O)Nc3cc([N+](=O)[O-])c(C)c([N+](=O)[O-])c3)n2C[C@H]2CCCO2)n(C)n1. The number of aromatic nitrogens is 5. The van der Waals surface area contributed by atoms with Gasteiger partial charge in [-0.3, -0.25) is 29.7 Å². The molecular weight excluding hydrogens is 504 g/mol. The minimum Gasteiger partial charge on any atom is -0.376 e. The highest BCUT2D eigenvalue weighted by Gasteiger charge is 2.25. The van der Waals surface area contributed by atoms with E-state index in [1.165, 1.54) is 6.92 Å². The number of carbonyl (C=O) groups excluding carboxylic acids is 1. The quantitative estimate of drug-likeness (QED) is 0.233. The van der Waals surface area contributed by atoms with E-state index >= 15 is 0 Å². The summed E-state index contributed by atoms with van der Waals surface area (Å²) in [6.45, 7) is 4.45. The van der Waals surface area contributed by atoms with Crippen molar-refractivity contribution in [3.8, 4) is 0 Å². The Bertz CT molecular complexity index is 1310. The second-order valence-corrected chi connectivity index (χ2v) is 9.65. The maximum atomic E-state index is 12.7. The summed E-state index contributed by atoms with van der Waals surface area (Å²) in [5, 5.41) is 38.7. The second-order valence-electron chi connectivity index (χ2n) is 8.71. The van der Waals surface area contributed by atoms with Gasteiger partial charge in [0.15, 0.2) is 5.16 Å². The van der Waals surface area contributed by atoms with Gasteiger partial charge in [0.05, 0.1) is 39.6 Å². The Hall–Kier alpha value is -3.85. The van der Waals surface area contributed by atoms with Crippen LogP contribution in [0.15, 0.2) is 23.4 Å². The summed E-state index contributed by atoms with van der Waals surface area (Å²) >= 11 is 1.15. The number of carbonyl (C=O) groups is 1. The van der Waals surface area contributed by atoms with Crippen LogP contribution in [0, 0.1) is 34.1 Å². The van der Waals surface area contributed by atoms with Crippen LogP contribution >= 0.6 is 11.8 Å². The summed E-state index contributed by atoms with van der Waals surface area (Å²) < 4.78 is 9.53. The van der Waals surface area contributed by atoms with Gasteiger partial charge >= 0.3 is 0 Å². The highest BCUT2D eigenvalue weighted by atomic mass is 32.2. The topological polar surface area (TPSA) is 173 Å². The van der Waals surface area contributed by atoms with E-state index < -0.39 is 27.1 Å². The van der Waals surface area contributed by atoms with Crippen molar-refractivity contribution in [2.75, 3.05) is 17.7 Å². The molecule has 37 heavy (non-hydrogen) atoms. The number of nitro benzene ring substituents is 2. The molecule has 0 bridgehead atoms. The average Bonchev–Trinajstić information content (AvgIpc) is 3.55. The number of hydrogen-bond donors (Lipinski definition) is 1. The van der Waals surface area contributed by atoms with Crippen molar-refractivity contribution in [1.82, 2.24) is 24.5 Å². The molecule has 1 amide bonds. The average molecular weight is 531 g/mol. The predicted molar refractivity (Wildman–Crippen MR) is 134 cm³/mol. The van der Waals surface area contributed by atoms with E-state index in [0.29, 0.717) is 30.6 Å². The van der Waals surface area contributed by atoms with Gasteiger partial charge in [-0.1, -0.05) is 11.8 Å². The highest BCUT2D eigenvalue weighted by Crippen LogP contribution is 2.32. The van der Waals surface area contributed by atoms with Gasteiger partial charge in [-0.05, 0) is 32.8 Å². The first-order valence-electron chi connectivity index (χ1n) is 11.5. The molecule has 1 aliphatic rings. The molecule has 2 aromatic heterocycles. The van der Waals surface area contributed by atoms with Crippen molar-refractivity contribution >= 4 is 34.7 Å². The van der Waals surface area contributed by atoms with Crippen molar-refractivity contribution < 1.29 is 19.4 Å². The Morgan fingerprint density at radius 3 is 2.46 bits per heavy atom. The molecule has 1 atom stereocenters. The lowest BCUT2D eigenvalue weighted by Crippen LogP contribution is -2.19. The summed E-state index contributed by atoms with van der Waals surface area (Å²) in [5.41, 5.74) is 0.872. The van der Waals surface area contributed by atoms with Gasteiger partial charge in [0, 0.05) is 37.9 Å². The summed E-state index contributed by atoms with van der Waals surface area (Å²) in [6, 6.07) is 4.20. The van der Waals surface area contributed by atoms with Crippen LogP contribution in [0.1, 0.15) is 35.6 Å². The molecule has 1 N–H and O–H groups in total. The first-order valence-corrected chi connectivity index (χ1v) is 12.5. The van der Waals surface area contributed by atoms with E-state index in [4.69, 9.17) is 4.74 Å². The first kappa shape index (κ1) is 26.2. The molecule has 1 aromatic carbocycles. The fourth-order valence-corrected chi connectivity index (χ4v) is 4.95. The molecule has 0 saturated carbocycles. The smallest absolute Gasteiger partial charge is 0.281 e. The highest BCUT2D eigenvalue weighted by molar-refractivity contribution is 7.99. The molecule has 4 rings (SSSR count). The second kappa shape index (κ2) is 11.0. The van der Waals surface area contributed by atoms with Crippen LogP contribution in [0.25, 0.3) is 0 Å². The summed E-state index contributed by atoms with van der Waals surface area (Å²) in [4.78, 5) is 33.9. The van der Waals surface area contributed by atoms with Crippen LogP contribution in [0.5, 0.6) is 0 Å². The van der Waals surface area contributed by atoms with E-state index in [9.17, 15) is 25.0 Å². The molecule has 0 aliphatic carbocycles. The molecular formula is C22H26N8O6S. The number of hydrogen-bond acceptors (Lipinski definition) is 10. The lowest BCUT2D eigenvalue weighted by Gasteiger charge is -2.14. The molecule has 1 saturated heterocycles. The van der Waals surface area contributed by atoms with Crippen molar-refractivity contribution in [3.05, 3.63) is 61.2 Å². The van der Waals surface area contributed by atoms with Crippen LogP contribution in [0.3, 0.4) is 0 Å². The molecule has 1 fully saturated rings. The summed E-state index contributed by atoms with van der Waals surface area (Å²) in [5.74, 6) is 0.142. The number of nitrogens with zero attached hydrogens (tertiary/aromatic N) is 7. The Kier molecular flexibility index (Phi) is 7.83. The summed E-state index contributed by atoms with van der Waals surface area (Å²) in [7, 11) is 1.86. The number of benzene rings is 1. The maximum absolute atomic E-state index is 12.7. The third-order valence-electron chi connectivity index (χ3n) is 6.00. The maximum Gasteiger partial charge on any atom is 0.281 e. The third-order valence-corrected chi connectivity index (χ3v) is 6.97. The zero-order valence-electron chi connectivity index (χ0n) is 20.5. The van der Waals surface area contributed by atoms with Crippen LogP contribution in [-0.2, 0) is 29.5 Å². The van der Waals surface area contributed by atoms with E-state index in [1.54, 1.807) is 4.68 Å². The summed E-state index contributed by atoms with van der Waals surface area (Å²) in [6.07, 6.45) is 2.41. The zero-order valence-corrected chi connectivity index (χ0v) is 21.4. The van der Waals surface area contributed by atoms with Crippen LogP contribution < -0.4 is 5.32 Å². The standard InChI is InChI=1S/C22H26N8O6S/c1-13-7-16(27(3)26-13)10-20-24-25-22(28(20)11-17-5-4-6-36-17)37-12-21(31)23-15-8-18(29(32)33)14(2)19(9-15)30(34)35/h7-9,17H,4-6,10-12H2,1-3H3,(H,23,31)/t17-/m1/s1. The Morgan fingerprint density at radius 2 is 1.89 bits per heavy atom. The van der Waals surface area contributed by atoms with Gasteiger partial charge in [-0.2, -0.15) is 5.10 Å². The molecule has 0 unspecified atom stereocenters. The molecule has 3 aromatic rings. The van der Waals surface area contributed by atoms with Gasteiger partial charge in [-0.15, -0.1) is 10.2 Å². The molecule has 14 nitrogen and oxygen atoms in total. The minimum atomic E-state index is -0.717. The van der Waals surface area contributed by atoms with Crippen LogP contribution in [-0.4, -0.2) is 58.8 Å². The van der Waals surface area contributed by atoms with Crippen molar-refractivity contribution in [1.29, 1.82) is 0 Å². The van der Waals surface area contributed by atoms with Gasteiger partial charge in [0.25, 0.3) is 11.4 Å². The number of amides is 1. The monoisotopic (exact) mass is 530 g/mol. The number of anilines is 1. The van der Waals surface area contributed by atoms with Crippen molar-refractivity contribution in [2.45, 2.75) is 50.9 Å². The molecule has 0 spiro atoms. The zero-order chi connectivity index (χ0) is 26.7. The van der Waals surface area contributed by atoms with E-state index in [2.05, 4.69) is 20.6 Å². The van der Waals surface area contributed by atoms with E-state index in [1.807, 2.05) is 24.6 Å². The number of nitrogens with one attached hydrogen (secondary N) is 1. The lowest BCUT2D eigenvalue weighted by molar-refractivity contribution is -0.395. The Balaban J connectivity index is 1.50. The number of aryl methyl sites for hydroxylation is 2. The lowest BCUT2D eigenvalue weighted by atomic mass is 10.1. The molecule has 1 aliphatic heterocycles. The van der Waals surface area contributed by atoms with E-state index in [0.717, 1.165) is 48.1 Å². The number of nitro groups is 2. The number of ether oxygens (including phenoxy) is 1. The van der Waals surface area contributed by atoms with Crippen molar-refractivity contribution in [3.63, 3.8) is 0 Å². The van der Waals surface area contributed by atoms with E-state index in [-0.39, 0.29) is 23.1 Å². The van der Waals surface area contributed by atoms with Crippen molar-refractivity contribution in [2.24, 2.45) is 7.05 Å². The van der Waals surface area contributed by atoms with Crippen LogP contribution in [0.2, 0.25) is 0 Å². The number of rotatable bonds is 10. The predicted octanol–water partition coefficient (Wildman–Crippen LogP) is 2.95. The molecule has 3 heterocycles. The number of thioether (sulfide) groups is 1. The minimum absolute atomic E-state index is 0.0184. The molecule has 15 heteroatoms. The van der Waals surface area contributed by atoms with Gasteiger partial charge < -0.3 is 14.6 Å². The Labute approximate surface area is 215 Å². The van der Waals surface area contributed by atoms with Gasteiger partial charge in [0.2, 0.25) is 5.91 Å². The first-order chi connectivity index (χ1) is 17.6. The Morgan fingerprint density at radius 1 is 1.19 bits per heavy atom. The van der Waals surface area contributed by atoms with Gasteiger partial charge in [0.1, 0.15) is 11.4 Å². The van der Waals surface area contributed by atoms with Gasteiger partial charge in [-0.25, -0.2) is 0 Å². The van der Waals surface area contributed by atoms with Crippen LogP contribution in [0.4, 0.5) is 17.1 Å².